The van der Waals surface area contributed by atoms with E-state index in [0.717, 1.165) is 0 Å². The number of hydrogen-bond acceptors (Lipinski definition) is 2. The molecular formula is C14H12B2S2. The van der Waals surface area contributed by atoms with Gasteiger partial charge in [-0.3, -0.25) is 0 Å². The molecule has 0 aliphatic carbocycles. The summed E-state index contributed by atoms with van der Waals surface area (Å²) < 4.78 is 0. The van der Waals surface area contributed by atoms with Crippen LogP contribution in [0.4, 0.5) is 0 Å². The predicted octanol–water partition coefficient (Wildman–Crippen LogP) is 1.66. The molecule has 2 heterocycles. The lowest BCUT2D eigenvalue weighted by Crippen LogP contribution is -2.16. The zero-order valence-electron chi connectivity index (χ0n) is 10.4. The highest BCUT2D eigenvalue weighted by Crippen LogP contribution is 2.26. The number of rotatable bonds is 2. The van der Waals surface area contributed by atoms with Gasteiger partial charge in [0.15, 0.2) is 0 Å². The van der Waals surface area contributed by atoms with Gasteiger partial charge in [0, 0.05) is 9.75 Å². The number of hydrogen-bond donors (Lipinski definition) is 0. The van der Waals surface area contributed by atoms with Crippen molar-refractivity contribution in [1.29, 1.82) is 0 Å². The molecule has 0 saturated carbocycles. The monoisotopic (exact) mass is 266 g/mol. The lowest BCUT2D eigenvalue weighted by molar-refractivity contribution is 1.78. The third kappa shape index (κ3) is 2.06. The van der Waals surface area contributed by atoms with Gasteiger partial charge in [0.1, 0.15) is 15.7 Å². The van der Waals surface area contributed by atoms with E-state index in [1.807, 2.05) is 0 Å². The van der Waals surface area contributed by atoms with Gasteiger partial charge < -0.3 is 0 Å². The van der Waals surface area contributed by atoms with Crippen molar-refractivity contribution in [2.24, 2.45) is 0 Å². The molecule has 0 amide bonds. The summed E-state index contributed by atoms with van der Waals surface area (Å²) in [6.07, 6.45) is 0. The van der Waals surface area contributed by atoms with Crippen LogP contribution in [0.3, 0.4) is 0 Å². The van der Waals surface area contributed by atoms with Gasteiger partial charge in [-0.2, -0.15) is 0 Å². The Bertz CT molecular complexity index is 595. The molecule has 3 aromatic rings. The average molecular weight is 266 g/mol. The Morgan fingerprint density at radius 2 is 1.17 bits per heavy atom. The summed E-state index contributed by atoms with van der Waals surface area (Å²) in [7, 11) is 4.40. The van der Waals surface area contributed by atoms with Crippen molar-refractivity contribution in [1.82, 2.24) is 0 Å². The molecule has 0 unspecified atom stereocenters. The molecule has 0 nitrogen and oxygen atoms in total. The molecule has 1 aromatic carbocycles. The fourth-order valence-electron chi connectivity index (χ4n) is 2.21. The van der Waals surface area contributed by atoms with Crippen LogP contribution >= 0.6 is 22.7 Å². The standard InChI is InChI=1S/C14H12B2S2/c15-11-8-10(14-4-2-6-18-14)12(16)7-9(11)13-3-1-5-17-13/h1-8H,15-16H2. The first kappa shape index (κ1) is 11.8. The van der Waals surface area contributed by atoms with E-state index in [4.69, 9.17) is 0 Å². The van der Waals surface area contributed by atoms with Gasteiger partial charge >= 0.3 is 0 Å². The van der Waals surface area contributed by atoms with E-state index in [-0.39, 0.29) is 0 Å². The second kappa shape index (κ2) is 4.79. The van der Waals surface area contributed by atoms with Crippen molar-refractivity contribution in [3.8, 4) is 20.9 Å². The minimum Gasteiger partial charge on any atom is -0.144 e. The maximum absolute atomic E-state index is 2.32. The van der Waals surface area contributed by atoms with Crippen LogP contribution < -0.4 is 10.9 Å². The van der Waals surface area contributed by atoms with Crippen LogP contribution in [0.2, 0.25) is 0 Å². The third-order valence-electron chi connectivity index (χ3n) is 3.14. The quantitative estimate of drug-likeness (QED) is 0.619. The third-order valence-corrected chi connectivity index (χ3v) is 4.95. The summed E-state index contributed by atoms with van der Waals surface area (Å²) in [5, 5.41) is 4.27. The second-order valence-corrected chi connectivity index (χ2v) is 6.33. The van der Waals surface area contributed by atoms with Crippen molar-refractivity contribution in [2.45, 2.75) is 0 Å². The van der Waals surface area contributed by atoms with E-state index < -0.39 is 0 Å². The molecule has 0 saturated heterocycles. The molecule has 2 aromatic heterocycles. The lowest BCUT2D eigenvalue weighted by Gasteiger charge is -2.10. The summed E-state index contributed by atoms with van der Waals surface area (Å²) in [6.45, 7) is 0. The smallest absolute Gasteiger partial charge is 0.140 e. The number of thiophene rings is 2. The Morgan fingerprint density at radius 3 is 1.50 bits per heavy atom. The summed E-state index contributed by atoms with van der Waals surface area (Å²) in [6, 6.07) is 13.2. The Morgan fingerprint density at radius 1 is 0.722 bits per heavy atom. The Balaban J connectivity index is 2.15. The fourth-order valence-corrected chi connectivity index (χ4v) is 3.83. The topological polar surface area (TPSA) is 0 Å². The maximum Gasteiger partial charge on any atom is 0.140 e. The van der Waals surface area contributed by atoms with Crippen molar-refractivity contribution >= 4 is 49.3 Å². The van der Waals surface area contributed by atoms with Gasteiger partial charge in [-0.25, -0.2) is 0 Å². The van der Waals surface area contributed by atoms with Crippen LogP contribution in [0.25, 0.3) is 20.9 Å². The van der Waals surface area contributed by atoms with Crippen LogP contribution in [-0.2, 0) is 0 Å². The first-order valence-corrected chi connectivity index (χ1v) is 7.70. The first-order chi connectivity index (χ1) is 8.75. The fraction of sp³-hybridized carbons (Fsp3) is 0. The van der Waals surface area contributed by atoms with Crippen LogP contribution in [0.1, 0.15) is 0 Å². The van der Waals surface area contributed by atoms with E-state index in [9.17, 15) is 0 Å². The highest BCUT2D eigenvalue weighted by Gasteiger charge is 2.08. The van der Waals surface area contributed by atoms with E-state index >= 15 is 0 Å². The minimum atomic E-state index is 1.35. The van der Waals surface area contributed by atoms with Crippen LogP contribution in [0, 0.1) is 0 Å². The summed E-state index contributed by atoms with van der Waals surface area (Å²) >= 11 is 3.61. The summed E-state index contributed by atoms with van der Waals surface area (Å²) in [5.41, 5.74) is 5.43. The molecule has 0 bridgehead atoms. The van der Waals surface area contributed by atoms with E-state index in [2.05, 4.69) is 62.9 Å². The molecule has 0 atom stereocenters. The highest BCUT2D eigenvalue weighted by molar-refractivity contribution is 7.14. The van der Waals surface area contributed by atoms with E-state index in [0.29, 0.717) is 0 Å². The lowest BCUT2D eigenvalue weighted by atomic mass is 9.80. The molecule has 0 aliphatic rings. The molecule has 18 heavy (non-hydrogen) atoms. The van der Waals surface area contributed by atoms with Gasteiger partial charge in [0.2, 0.25) is 0 Å². The molecule has 0 N–H and O–H groups in total. The Kier molecular flexibility index (Phi) is 3.14. The van der Waals surface area contributed by atoms with Gasteiger partial charge in [-0.1, -0.05) is 35.2 Å². The van der Waals surface area contributed by atoms with Crippen LogP contribution in [-0.4, -0.2) is 15.7 Å². The largest absolute Gasteiger partial charge is 0.144 e. The zero-order chi connectivity index (χ0) is 12.5. The second-order valence-electron chi connectivity index (χ2n) is 4.44. The summed E-state index contributed by atoms with van der Waals surface area (Å²) in [4.78, 5) is 2.71. The normalized spacial score (nSPS) is 10.7. The summed E-state index contributed by atoms with van der Waals surface area (Å²) in [5.74, 6) is 0. The van der Waals surface area contributed by atoms with E-state index in [1.54, 1.807) is 22.7 Å². The SMILES string of the molecule is Bc1cc(-c2cccs2)c(B)cc1-c1cccs1. The molecule has 0 radical (unpaired) electrons. The Labute approximate surface area is 117 Å². The van der Waals surface area contributed by atoms with Crippen molar-refractivity contribution in [2.75, 3.05) is 0 Å². The molecular weight excluding hydrogens is 254 g/mol. The molecule has 0 spiro atoms. The average Bonchev–Trinajstić information content (AvgIpc) is 3.02. The molecule has 0 fully saturated rings. The van der Waals surface area contributed by atoms with Crippen molar-refractivity contribution in [3.63, 3.8) is 0 Å². The predicted molar refractivity (Wildman–Crippen MR) is 89.4 cm³/mol. The van der Waals surface area contributed by atoms with Gasteiger partial charge in [0.25, 0.3) is 0 Å². The van der Waals surface area contributed by atoms with Gasteiger partial charge in [-0.05, 0) is 34.0 Å². The first-order valence-electron chi connectivity index (χ1n) is 5.95. The van der Waals surface area contributed by atoms with Crippen LogP contribution in [0.5, 0.6) is 0 Å². The molecule has 0 aliphatic heterocycles. The molecule has 86 valence electrons. The molecule has 4 heteroatoms. The minimum absolute atomic E-state index is 1.35. The zero-order valence-corrected chi connectivity index (χ0v) is 12.1. The van der Waals surface area contributed by atoms with Crippen molar-refractivity contribution in [3.05, 3.63) is 47.2 Å². The van der Waals surface area contributed by atoms with Crippen LogP contribution in [0.15, 0.2) is 47.2 Å². The van der Waals surface area contributed by atoms with Crippen molar-refractivity contribution < 1.29 is 0 Å². The van der Waals surface area contributed by atoms with Gasteiger partial charge in [0.05, 0.1) is 0 Å². The number of benzene rings is 1. The maximum atomic E-state index is 2.32. The van der Waals surface area contributed by atoms with E-state index in [1.165, 1.54) is 31.8 Å². The van der Waals surface area contributed by atoms with Gasteiger partial charge in [-0.15, -0.1) is 22.7 Å². The highest BCUT2D eigenvalue weighted by atomic mass is 32.1. The Hall–Kier alpha value is -1.25. The molecule has 3 rings (SSSR count).